The Morgan fingerprint density at radius 3 is 1.94 bits per heavy atom. The molecule has 8 unspecified atom stereocenters. The molecular formula is C37H67NO12S. The van der Waals surface area contributed by atoms with Crippen LogP contribution >= 0.6 is 0 Å². The summed E-state index contributed by atoms with van der Waals surface area (Å²) in [6.45, 7) is 3.05. The van der Waals surface area contributed by atoms with E-state index in [9.17, 15) is 38.7 Å². The van der Waals surface area contributed by atoms with Crippen LogP contribution in [-0.2, 0) is 28.9 Å². The third-order valence-electron chi connectivity index (χ3n) is 8.75. The Hall–Kier alpha value is -1.72. The average Bonchev–Trinajstić information content (AvgIpc) is 3.09. The number of carbonyl (C=O) groups is 1. The maximum Gasteiger partial charge on any atom is 0.397 e. The molecule has 0 aromatic rings. The van der Waals surface area contributed by atoms with E-state index in [1.807, 2.05) is 0 Å². The van der Waals surface area contributed by atoms with Crippen molar-refractivity contribution < 1.29 is 57.0 Å². The normalized spacial score (nSPS) is 23.3. The highest BCUT2D eigenvalue weighted by molar-refractivity contribution is 7.80. The van der Waals surface area contributed by atoms with Crippen molar-refractivity contribution in [1.82, 2.24) is 5.32 Å². The van der Waals surface area contributed by atoms with Gasteiger partial charge in [0.05, 0.1) is 25.4 Å². The first-order valence-electron chi connectivity index (χ1n) is 19.0. The molecule has 1 heterocycles. The monoisotopic (exact) mass is 749 g/mol. The maximum absolute atomic E-state index is 13.0. The fraction of sp³-hybridized carbons (Fsp3) is 0.811. The van der Waals surface area contributed by atoms with E-state index in [-0.39, 0.29) is 6.42 Å². The molecule has 1 fully saturated rings. The SMILES string of the molecule is CCCC/C=C/CC/C=C/C(O)C(COC1OC(CO)C(O)C(OS(=O)(=O)O)C1O)NC(=O)C(O)CCCCCCCC/C=C\CCCCCC. The molecule has 0 bridgehead atoms. The first kappa shape index (κ1) is 47.3. The summed E-state index contributed by atoms with van der Waals surface area (Å²) in [4.78, 5) is 13.0. The molecule has 14 heteroatoms. The molecule has 7 N–H and O–H groups in total. The van der Waals surface area contributed by atoms with Crippen LogP contribution in [0.4, 0.5) is 0 Å². The third-order valence-corrected chi connectivity index (χ3v) is 9.22. The number of aliphatic hydroxyl groups excluding tert-OH is 5. The quantitative estimate of drug-likeness (QED) is 0.0306. The lowest BCUT2D eigenvalue weighted by Crippen LogP contribution is -2.61. The Kier molecular flexibility index (Phi) is 26.7. The van der Waals surface area contributed by atoms with E-state index >= 15 is 0 Å². The van der Waals surface area contributed by atoms with Crippen LogP contribution in [0.2, 0.25) is 0 Å². The van der Waals surface area contributed by atoms with E-state index in [1.54, 1.807) is 6.08 Å². The number of allylic oxidation sites excluding steroid dienone is 5. The molecule has 0 aromatic heterocycles. The molecule has 0 radical (unpaired) electrons. The molecule has 1 amide bonds. The van der Waals surface area contributed by atoms with Crippen molar-refractivity contribution in [2.75, 3.05) is 13.2 Å². The molecule has 51 heavy (non-hydrogen) atoms. The first-order chi connectivity index (χ1) is 24.4. The standard InChI is InChI=1S/C37H67NO12S/c1-3-5-7-9-11-13-14-15-16-17-18-20-22-24-26-31(41)36(44)38-29(30(40)25-23-21-19-12-10-8-6-4-2)28-48-37-34(43)35(50-51(45,46)47)33(42)32(27-39)49-37/h10,12-14,23,25,29-35,37,39-43H,3-9,11,15-22,24,26-28H2,1-2H3,(H,38,44)(H,45,46,47)/b12-10+,14-13-,25-23+. The topological polar surface area (TPSA) is 212 Å². The summed E-state index contributed by atoms with van der Waals surface area (Å²) >= 11 is 0. The van der Waals surface area contributed by atoms with Crippen LogP contribution in [-0.4, -0.2) is 107 Å². The highest BCUT2D eigenvalue weighted by Crippen LogP contribution is 2.26. The molecule has 8 atom stereocenters. The third kappa shape index (κ3) is 22.2. The van der Waals surface area contributed by atoms with E-state index in [0.717, 1.165) is 70.6 Å². The molecule has 0 saturated carbocycles. The van der Waals surface area contributed by atoms with Gasteiger partial charge in [0.15, 0.2) is 6.29 Å². The van der Waals surface area contributed by atoms with Crippen LogP contribution in [0.15, 0.2) is 36.5 Å². The number of carbonyl (C=O) groups excluding carboxylic acids is 1. The van der Waals surface area contributed by atoms with Crippen molar-refractivity contribution in [2.24, 2.45) is 0 Å². The van der Waals surface area contributed by atoms with Crippen molar-refractivity contribution in [3.63, 3.8) is 0 Å². The second-order valence-corrected chi connectivity index (χ2v) is 14.3. The van der Waals surface area contributed by atoms with Crippen LogP contribution < -0.4 is 5.32 Å². The second-order valence-electron chi connectivity index (χ2n) is 13.3. The predicted molar refractivity (Wildman–Crippen MR) is 196 cm³/mol. The zero-order valence-corrected chi connectivity index (χ0v) is 31.6. The zero-order valence-electron chi connectivity index (χ0n) is 30.8. The van der Waals surface area contributed by atoms with Gasteiger partial charge in [-0.15, -0.1) is 0 Å². The van der Waals surface area contributed by atoms with Gasteiger partial charge in [-0.1, -0.05) is 115 Å². The number of hydrogen-bond donors (Lipinski definition) is 7. The Balaban J connectivity index is 2.69. The van der Waals surface area contributed by atoms with Crippen LogP contribution in [0.5, 0.6) is 0 Å². The van der Waals surface area contributed by atoms with Gasteiger partial charge < -0.3 is 40.3 Å². The van der Waals surface area contributed by atoms with Crippen molar-refractivity contribution in [1.29, 1.82) is 0 Å². The zero-order chi connectivity index (χ0) is 37.9. The minimum Gasteiger partial charge on any atom is -0.394 e. The fourth-order valence-corrected chi connectivity index (χ4v) is 6.14. The number of aliphatic hydroxyl groups is 5. The Labute approximate surface area is 306 Å². The van der Waals surface area contributed by atoms with Gasteiger partial charge in [0.25, 0.3) is 0 Å². The van der Waals surface area contributed by atoms with Gasteiger partial charge in [-0.05, 0) is 51.4 Å². The van der Waals surface area contributed by atoms with Gasteiger partial charge in [0.2, 0.25) is 5.91 Å². The average molecular weight is 750 g/mol. The number of amides is 1. The summed E-state index contributed by atoms with van der Waals surface area (Å²) in [5.41, 5.74) is 0. The molecule has 298 valence electrons. The lowest BCUT2D eigenvalue weighted by molar-refractivity contribution is -0.298. The first-order valence-corrected chi connectivity index (χ1v) is 20.3. The highest BCUT2D eigenvalue weighted by Gasteiger charge is 2.48. The summed E-state index contributed by atoms with van der Waals surface area (Å²) < 4.78 is 47.1. The Morgan fingerprint density at radius 2 is 1.33 bits per heavy atom. The van der Waals surface area contributed by atoms with Gasteiger partial charge in [-0.25, -0.2) is 4.18 Å². The van der Waals surface area contributed by atoms with Crippen LogP contribution in [0.25, 0.3) is 0 Å². The summed E-state index contributed by atoms with van der Waals surface area (Å²) in [5.74, 6) is -0.724. The second kappa shape index (κ2) is 28.7. The van der Waals surface area contributed by atoms with Crippen molar-refractivity contribution in [3.8, 4) is 0 Å². The van der Waals surface area contributed by atoms with Crippen LogP contribution in [0.1, 0.15) is 129 Å². The minimum absolute atomic E-state index is 0.228. The molecular weight excluding hydrogens is 682 g/mol. The molecule has 0 aliphatic carbocycles. The number of rotatable bonds is 30. The molecule has 1 aliphatic rings. The number of nitrogens with one attached hydrogen (secondary N) is 1. The van der Waals surface area contributed by atoms with E-state index in [2.05, 4.69) is 47.7 Å². The van der Waals surface area contributed by atoms with Gasteiger partial charge in [0, 0.05) is 0 Å². The van der Waals surface area contributed by atoms with Crippen LogP contribution in [0, 0.1) is 0 Å². The number of hydrogen-bond acceptors (Lipinski definition) is 11. The predicted octanol–water partition coefficient (Wildman–Crippen LogP) is 4.57. The Morgan fingerprint density at radius 1 is 0.784 bits per heavy atom. The summed E-state index contributed by atoms with van der Waals surface area (Å²) in [7, 11) is -5.11. The lowest BCUT2D eigenvalue weighted by Gasteiger charge is -2.41. The molecule has 1 saturated heterocycles. The summed E-state index contributed by atoms with van der Waals surface area (Å²) in [6, 6.07) is -1.13. The molecule has 0 spiro atoms. The molecule has 1 aliphatic heterocycles. The highest BCUT2D eigenvalue weighted by atomic mass is 32.3. The summed E-state index contributed by atoms with van der Waals surface area (Å²) in [6.07, 6.45) is 18.5. The molecule has 1 rings (SSSR count). The van der Waals surface area contributed by atoms with Crippen molar-refractivity contribution in [2.45, 2.75) is 178 Å². The molecule has 13 nitrogen and oxygen atoms in total. The largest absolute Gasteiger partial charge is 0.397 e. The van der Waals surface area contributed by atoms with E-state index in [1.165, 1.54) is 31.8 Å². The van der Waals surface area contributed by atoms with Gasteiger partial charge in [-0.2, -0.15) is 8.42 Å². The smallest absolute Gasteiger partial charge is 0.394 e. The minimum atomic E-state index is -5.11. The lowest BCUT2D eigenvalue weighted by atomic mass is 9.99. The number of ether oxygens (including phenoxy) is 2. The van der Waals surface area contributed by atoms with Gasteiger partial charge >= 0.3 is 10.4 Å². The Bertz CT molecular complexity index is 1090. The van der Waals surface area contributed by atoms with Crippen molar-refractivity contribution >= 4 is 16.3 Å². The van der Waals surface area contributed by atoms with E-state index in [4.69, 9.17) is 14.0 Å². The maximum atomic E-state index is 13.0. The van der Waals surface area contributed by atoms with Crippen molar-refractivity contribution in [3.05, 3.63) is 36.5 Å². The van der Waals surface area contributed by atoms with Crippen LogP contribution in [0.3, 0.4) is 0 Å². The fourth-order valence-electron chi connectivity index (χ4n) is 5.63. The molecule has 0 aromatic carbocycles. The van der Waals surface area contributed by atoms with E-state index in [0.29, 0.717) is 12.8 Å². The summed E-state index contributed by atoms with van der Waals surface area (Å²) in [5, 5.41) is 54.6. The van der Waals surface area contributed by atoms with Gasteiger partial charge in [0.1, 0.15) is 30.5 Å². The van der Waals surface area contributed by atoms with E-state index < -0.39 is 78.5 Å². The van der Waals surface area contributed by atoms with Gasteiger partial charge in [-0.3, -0.25) is 9.35 Å². The number of unbranched alkanes of at least 4 members (excludes halogenated alkanes) is 13.